The average Bonchev–Trinajstić information content (AvgIpc) is 2.16. The van der Waals surface area contributed by atoms with Crippen LogP contribution in [0.1, 0.15) is 16.7 Å². The van der Waals surface area contributed by atoms with Gasteiger partial charge in [-0.05, 0) is 23.6 Å². The number of halogens is 1. The predicted molar refractivity (Wildman–Crippen MR) is 61.8 cm³/mol. The zero-order valence-electron chi connectivity index (χ0n) is 8.57. The van der Waals surface area contributed by atoms with Crippen LogP contribution in [0.2, 0.25) is 0 Å². The van der Waals surface area contributed by atoms with E-state index in [0.29, 0.717) is 10.9 Å². The lowest BCUT2D eigenvalue weighted by Crippen LogP contribution is -2.05. The van der Waals surface area contributed by atoms with Gasteiger partial charge in [0.1, 0.15) is 0 Å². The van der Waals surface area contributed by atoms with Crippen molar-refractivity contribution in [3.63, 3.8) is 0 Å². The maximum absolute atomic E-state index is 10.6. The third kappa shape index (κ3) is 2.79. The first kappa shape index (κ1) is 12.6. The Bertz CT molecular complexity index is 445. The molecule has 1 rings (SSSR count). The number of nitrogens with zero attached hydrogens (tertiary/aromatic N) is 1. The van der Waals surface area contributed by atoms with Crippen molar-refractivity contribution in [3.8, 4) is 0 Å². The second-order valence-corrected chi connectivity index (χ2v) is 3.92. The molecule has 0 heterocycles. The van der Waals surface area contributed by atoms with Crippen molar-refractivity contribution in [2.45, 2.75) is 18.7 Å². The molecular weight excluding hydrogens is 278 g/mol. The Balaban J connectivity index is 3.30. The average molecular weight is 288 g/mol. The van der Waals surface area contributed by atoms with Crippen molar-refractivity contribution < 1.29 is 14.8 Å². The van der Waals surface area contributed by atoms with Crippen molar-refractivity contribution >= 4 is 27.6 Å². The Hall–Kier alpha value is -1.43. The van der Waals surface area contributed by atoms with E-state index in [9.17, 15) is 14.9 Å². The Morgan fingerprint density at radius 2 is 2.19 bits per heavy atom. The van der Waals surface area contributed by atoms with Crippen LogP contribution in [0.5, 0.6) is 0 Å². The number of carbonyl (C=O) groups is 1. The zero-order valence-corrected chi connectivity index (χ0v) is 10.2. The molecule has 0 saturated carbocycles. The van der Waals surface area contributed by atoms with Crippen LogP contribution in [0.25, 0.3) is 0 Å². The van der Waals surface area contributed by atoms with Crippen LogP contribution in [-0.2, 0) is 16.5 Å². The minimum atomic E-state index is -0.998. The fraction of sp³-hybridized carbons (Fsp3) is 0.300. The molecule has 5 nitrogen and oxygen atoms in total. The van der Waals surface area contributed by atoms with Crippen LogP contribution in [0, 0.1) is 17.0 Å². The number of hydrogen-bond acceptors (Lipinski definition) is 3. The summed E-state index contributed by atoms with van der Waals surface area (Å²) >= 11 is 3.25. The summed E-state index contributed by atoms with van der Waals surface area (Å²) in [6.45, 7) is 1.73. The summed E-state index contributed by atoms with van der Waals surface area (Å²) < 4.78 is 0. The maximum atomic E-state index is 10.6. The number of non-ortho nitro benzene ring substituents is 1. The first-order valence-electron chi connectivity index (χ1n) is 4.50. The van der Waals surface area contributed by atoms with Gasteiger partial charge in [-0.3, -0.25) is 14.9 Å². The fourth-order valence-electron chi connectivity index (χ4n) is 1.49. The lowest BCUT2D eigenvalue weighted by atomic mass is 10.00. The number of rotatable bonds is 4. The molecule has 1 aromatic rings. The summed E-state index contributed by atoms with van der Waals surface area (Å²) in [5, 5.41) is 19.8. The number of aliphatic carboxylic acids is 1. The van der Waals surface area contributed by atoms with Crippen LogP contribution in [0.3, 0.4) is 0 Å². The molecule has 0 atom stereocenters. The summed E-state index contributed by atoms with van der Waals surface area (Å²) in [5.74, 6) is -0.998. The second kappa shape index (κ2) is 5.07. The fourth-order valence-corrected chi connectivity index (χ4v) is 2.29. The Labute approximate surface area is 100 Å². The van der Waals surface area contributed by atoms with Crippen molar-refractivity contribution in [1.29, 1.82) is 0 Å². The third-order valence-corrected chi connectivity index (χ3v) is 2.80. The third-order valence-electron chi connectivity index (χ3n) is 2.24. The highest BCUT2D eigenvalue weighted by atomic mass is 79.9. The molecule has 86 valence electrons. The number of carboxylic acids is 1. The van der Waals surface area contributed by atoms with E-state index in [-0.39, 0.29) is 12.1 Å². The molecule has 0 amide bonds. The Kier molecular flexibility index (Phi) is 4.00. The van der Waals surface area contributed by atoms with Crippen molar-refractivity contribution in [1.82, 2.24) is 0 Å². The topological polar surface area (TPSA) is 80.4 Å². The molecule has 16 heavy (non-hydrogen) atoms. The zero-order chi connectivity index (χ0) is 12.3. The first-order valence-corrected chi connectivity index (χ1v) is 5.62. The molecule has 6 heteroatoms. The number of benzene rings is 1. The van der Waals surface area contributed by atoms with E-state index in [2.05, 4.69) is 15.9 Å². The number of nitro groups is 1. The lowest BCUT2D eigenvalue weighted by Gasteiger charge is -2.08. The molecule has 1 N–H and O–H groups in total. The van der Waals surface area contributed by atoms with Crippen LogP contribution >= 0.6 is 15.9 Å². The van der Waals surface area contributed by atoms with Crippen LogP contribution in [-0.4, -0.2) is 16.0 Å². The molecule has 0 spiro atoms. The van der Waals surface area contributed by atoms with Gasteiger partial charge >= 0.3 is 5.97 Å². The predicted octanol–water partition coefficient (Wildman–Crippen LogP) is 2.43. The summed E-state index contributed by atoms with van der Waals surface area (Å²) in [6.07, 6.45) is -0.205. The Morgan fingerprint density at radius 1 is 1.56 bits per heavy atom. The molecule has 0 saturated heterocycles. The molecule has 0 radical (unpaired) electrons. The summed E-state index contributed by atoms with van der Waals surface area (Å²) in [5.41, 5.74) is 1.94. The highest BCUT2D eigenvalue weighted by Gasteiger charge is 2.15. The van der Waals surface area contributed by atoms with Crippen molar-refractivity contribution in [2.75, 3.05) is 0 Å². The molecule has 0 fully saturated rings. The van der Waals surface area contributed by atoms with E-state index < -0.39 is 10.9 Å². The minimum Gasteiger partial charge on any atom is -0.481 e. The van der Waals surface area contributed by atoms with Crippen LogP contribution < -0.4 is 0 Å². The van der Waals surface area contributed by atoms with E-state index in [1.807, 2.05) is 0 Å². The van der Waals surface area contributed by atoms with E-state index >= 15 is 0 Å². The smallest absolute Gasteiger partial charge is 0.307 e. The minimum absolute atomic E-state index is 0.0709. The molecule has 1 aromatic carbocycles. The van der Waals surface area contributed by atoms with Gasteiger partial charge < -0.3 is 5.11 Å². The number of nitro benzene ring substituents is 1. The number of hydrogen-bond donors (Lipinski definition) is 1. The summed E-state index contributed by atoms with van der Waals surface area (Å²) in [6, 6.07) is 2.76. The van der Waals surface area contributed by atoms with E-state index in [0.717, 1.165) is 11.1 Å². The summed E-state index contributed by atoms with van der Waals surface area (Å²) in [7, 11) is 0. The number of aryl methyl sites for hydroxylation is 1. The molecular formula is C10H10BrNO4. The lowest BCUT2D eigenvalue weighted by molar-refractivity contribution is -0.385. The normalized spacial score (nSPS) is 10.1. The van der Waals surface area contributed by atoms with Gasteiger partial charge in [0.05, 0.1) is 11.3 Å². The quantitative estimate of drug-likeness (QED) is 0.524. The van der Waals surface area contributed by atoms with Gasteiger partial charge in [0.15, 0.2) is 0 Å². The molecule has 0 bridgehead atoms. The van der Waals surface area contributed by atoms with E-state index in [4.69, 9.17) is 5.11 Å². The SMILES string of the molecule is Cc1cc([N+](=O)[O-])cc(CC(=O)O)c1CBr. The number of carboxylic acid groups (broad SMARTS) is 1. The van der Waals surface area contributed by atoms with Crippen LogP contribution in [0.15, 0.2) is 12.1 Å². The number of alkyl halides is 1. The van der Waals surface area contributed by atoms with E-state index in [1.165, 1.54) is 12.1 Å². The molecule has 0 aromatic heterocycles. The van der Waals surface area contributed by atoms with Gasteiger partial charge in [-0.15, -0.1) is 0 Å². The Morgan fingerprint density at radius 3 is 2.62 bits per heavy atom. The van der Waals surface area contributed by atoms with Crippen molar-refractivity contribution in [2.24, 2.45) is 0 Å². The van der Waals surface area contributed by atoms with E-state index in [1.54, 1.807) is 6.92 Å². The van der Waals surface area contributed by atoms with Gasteiger partial charge in [0.25, 0.3) is 5.69 Å². The van der Waals surface area contributed by atoms with Gasteiger partial charge in [-0.1, -0.05) is 15.9 Å². The molecule has 0 aliphatic rings. The second-order valence-electron chi connectivity index (χ2n) is 3.36. The first-order chi connectivity index (χ1) is 7.45. The highest BCUT2D eigenvalue weighted by Crippen LogP contribution is 2.24. The monoisotopic (exact) mass is 287 g/mol. The van der Waals surface area contributed by atoms with Crippen molar-refractivity contribution in [3.05, 3.63) is 38.9 Å². The van der Waals surface area contributed by atoms with Crippen LogP contribution in [0.4, 0.5) is 5.69 Å². The molecule has 0 unspecified atom stereocenters. The van der Waals surface area contributed by atoms with Gasteiger partial charge in [0, 0.05) is 17.5 Å². The largest absolute Gasteiger partial charge is 0.481 e. The molecule has 0 aliphatic heterocycles. The standard InChI is InChI=1S/C10H10BrNO4/c1-6-2-8(12(15)16)3-7(4-10(13)14)9(6)5-11/h2-3H,4-5H2,1H3,(H,13,14). The van der Waals surface area contributed by atoms with Gasteiger partial charge in [-0.25, -0.2) is 0 Å². The summed E-state index contributed by atoms with van der Waals surface area (Å²) in [4.78, 5) is 20.8. The van der Waals surface area contributed by atoms with Gasteiger partial charge in [-0.2, -0.15) is 0 Å². The maximum Gasteiger partial charge on any atom is 0.307 e. The van der Waals surface area contributed by atoms with Gasteiger partial charge in [0.2, 0.25) is 0 Å². The molecule has 0 aliphatic carbocycles. The highest BCUT2D eigenvalue weighted by molar-refractivity contribution is 9.08.